The Morgan fingerprint density at radius 3 is 2.21 bits per heavy atom. The van der Waals surface area contributed by atoms with Gasteiger partial charge in [-0.3, -0.25) is 4.79 Å². The van der Waals surface area contributed by atoms with Crippen molar-refractivity contribution in [3.8, 4) is 11.5 Å². The largest absolute Gasteiger partial charge is 0.494 e. The van der Waals surface area contributed by atoms with E-state index in [1.54, 1.807) is 66.7 Å². The molecule has 3 rings (SSSR count). The van der Waals surface area contributed by atoms with E-state index in [2.05, 4.69) is 15.2 Å². The molecule has 1 amide bonds. The van der Waals surface area contributed by atoms with Crippen molar-refractivity contribution >= 4 is 28.1 Å². The first-order valence-electron chi connectivity index (χ1n) is 10.3. The summed E-state index contributed by atoms with van der Waals surface area (Å²) < 4.78 is 37.1. The first-order valence-corrected chi connectivity index (χ1v) is 11.8. The highest BCUT2D eigenvalue weighted by molar-refractivity contribution is 7.89. The molecule has 2 N–H and O–H groups in total. The molecule has 9 nitrogen and oxygen atoms in total. The zero-order chi connectivity index (χ0) is 24.4. The van der Waals surface area contributed by atoms with E-state index in [1.165, 1.54) is 18.3 Å². The van der Waals surface area contributed by atoms with Crippen molar-refractivity contribution < 1.29 is 27.5 Å². The molecule has 0 heterocycles. The maximum atomic E-state index is 12.3. The number of esters is 1. The first kappa shape index (κ1) is 24.6. The smallest absolute Gasteiger partial charge is 0.343 e. The summed E-state index contributed by atoms with van der Waals surface area (Å²) in [5.41, 5.74) is 3.26. The minimum Gasteiger partial charge on any atom is -0.494 e. The highest BCUT2D eigenvalue weighted by Crippen LogP contribution is 2.16. The van der Waals surface area contributed by atoms with Gasteiger partial charge in [-0.2, -0.15) is 5.10 Å². The Labute approximate surface area is 197 Å². The molecule has 0 aliphatic heterocycles. The second kappa shape index (κ2) is 11.7. The van der Waals surface area contributed by atoms with E-state index in [1.807, 2.05) is 6.92 Å². The summed E-state index contributed by atoms with van der Waals surface area (Å²) in [5.74, 6) is -0.120. The first-order chi connectivity index (χ1) is 16.4. The summed E-state index contributed by atoms with van der Waals surface area (Å²) in [6.45, 7) is 1.95. The van der Waals surface area contributed by atoms with Crippen LogP contribution in [0, 0.1) is 0 Å². The SMILES string of the molecule is CCOc1ccc(C(=O)Oc2ccc(C=NNC(=O)CNS(=O)(=O)c3ccccc3)cc2)cc1. The lowest BCUT2D eigenvalue weighted by Crippen LogP contribution is -2.34. The molecule has 0 aliphatic carbocycles. The second-order valence-electron chi connectivity index (χ2n) is 6.85. The maximum Gasteiger partial charge on any atom is 0.343 e. The monoisotopic (exact) mass is 481 g/mol. The van der Waals surface area contributed by atoms with Crippen LogP contribution in [0.1, 0.15) is 22.8 Å². The molecule has 10 heteroatoms. The van der Waals surface area contributed by atoms with Crippen molar-refractivity contribution in [2.75, 3.05) is 13.2 Å². The zero-order valence-electron chi connectivity index (χ0n) is 18.3. The lowest BCUT2D eigenvalue weighted by molar-refractivity contribution is -0.119. The van der Waals surface area contributed by atoms with E-state index in [0.717, 1.165) is 0 Å². The van der Waals surface area contributed by atoms with Crippen LogP contribution >= 0.6 is 0 Å². The summed E-state index contributed by atoms with van der Waals surface area (Å²) in [6, 6.07) is 20.8. The van der Waals surface area contributed by atoms with Crippen molar-refractivity contribution in [3.05, 3.63) is 90.0 Å². The van der Waals surface area contributed by atoms with Crippen LogP contribution in [0.15, 0.2) is 88.9 Å². The number of carbonyl (C=O) groups is 2. The highest BCUT2D eigenvalue weighted by Gasteiger charge is 2.14. The topological polar surface area (TPSA) is 123 Å². The summed E-state index contributed by atoms with van der Waals surface area (Å²) >= 11 is 0. The van der Waals surface area contributed by atoms with Gasteiger partial charge in [-0.15, -0.1) is 0 Å². The number of sulfonamides is 1. The summed E-state index contributed by atoms with van der Waals surface area (Å²) in [5, 5.41) is 3.80. The molecule has 0 radical (unpaired) electrons. The fourth-order valence-electron chi connectivity index (χ4n) is 2.70. The molecule has 34 heavy (non-hydrogen) atoms. The molecule has 0 fully saturated rings. The standard InChI is InChI=1S/C24H23N3O6S/c1-2-32-20-14-10-19(11-15-20)24(29)33-21-12-8-18(9-13-21)16-25-27-23(28)17-26-34(30,31)22-6-4-3-5-7-22/h3-16,26H,2,17H2,1H3,(H,27,28). The van der Waals surface area contributed by atoms with Gasteiger partial charge in [-0.05, 0) is 73.2 Å². The molecule has 0 aromatic heterocycles. The number of nitrogens with one attached hydrogen (secondary N) is 2. The lowest BCUT2D eigenvalue weighted by atomic mass is 10.2. The zero-order valence-corrected chi connectivity index (χ0v) is 19.1. The average Bonchev–Trinajstić information content (AvgIpc) is 2.85. The second-order valence-corrected chi connectivity index (χ2v) is 8.61. The predicted molar refractivity (Wildman–Crippen MR) is 126 cm³/mol. The van der Waals surface area contributed by atoms with Crippen LogP contribution in [0.4, 0.5) is 0 Å². The number of rotatable bonds is 10. The van der Waals surface area contributed by atoms with Crippen LogP contribution in [-0.4, -0.2) is 39.7 Å². The third kappa shape index (κ3) is 7.26. The third-order valence-corrected chi connectivity index (χ3v) is 5.79. The van der Waals surface area contributed by atoms with Crippen molar-refractivity contribution in [3.63, 3.8) is 0 Å². The van der Waals surface area contributed by atoms with Gasteiger partial charge in [0.2, 0.25) is 10.0 Å². The van der Waals surface area contributed by atoms with Crippen molar-refractivity contribution in [1.82, 2.24) is 10.1 Å². The van der Waals surface area contributed by atoms with Gasteiger partial charge in [0, 0.05) is 0 Å². The van der Waals surface area contributed by atoms with Crippen LogP contribution < -0.4 is 19.6 Å². The van der Waals surface area contributed by atoms with Gasteiger partial charge in [0.15, 0.2) is 0 Å². The van der Waals surface area contributed by atoms with Crippen LogP contribution in [0.2, 0.25) is 0 Å². The van der Waals surface area contributed by atoms with Gasteiger partial charge in [-0.1, -0.05) is 18.2 Å². The van der Waals surface area contributed by atoms with Crippen LogP contribution in [0.3, 0.4) is 0 Å². The van der Waals surface area contributed by atoms with E-state index in [9.17, 15) is 18.0 Å². The Balaban J connectivity index is 1.47. The minimum absolute atomic E-state index is 0.0645. The van der Waals surface area contributed by atoms with Gasteiger partial charge in [0.05, 0.1) is 29.8 Å². The van der Waals surface area contributed by atoms with Crippen LogP contribution in [0.5, 0.6) is 11.5 Å². The third-order valence-electron chi connectivity index (χ3n) is 4.37. The van der Waals surface area contributed by atoms with Gasteiger partial charge in [0.25, 0.3) is 5.91 Å². The number of hydrogen-bond donors (Lipinski definition) is 2. The number of hydrogen-bond acceptors (Lipinski definition) is 7. The van der Waals surface area contributed by atoms with E-state index in [4.69, 9.17) is 9.47 Å². The molecule has 0 bridgehead atoms. The molecule has 3 aromatic rings. The number of carbonyl (C=O) groups excluding carboxylic acids is 2. The quantitative estimate of drug-likeness (QED) is 0.199. The molecule has 176 valence electrons. The molecule has 0 spiro atoms. The Kier molecular flexibility index (Phi) is 8.49. The molecular weight excluding hydrogens is 458 g/mol. The Hall–Kier alpha value is -4.02. The van der Waals surface area contributed by atoms with Crippen molar-refractivity contribution in [2.45, 2.75) is 11.8 Å². The Morgan fingerprint density at radius 1 is 0.912 bits per heavy atom. The average molecular weight is 482 g/mol. The molecule has 0 saturated carbocycles. The minimum atomic E-state index is -3.78. The molecule has 0 unspecified atom stereocenters. The van der Waals surface area contributed by atoms with Gasteiger partial charge >= 0.3 is 5.97 Å². The number of benzene rings is 3. The Bertz CT molecular complexity index is 1240. The summed E-state index contributed by atoms with van der Waals surface area (Å²) in [4.78, 5) is 24.2. The fourth-order valence-corrected chi connectivity index (χ4v) is 3.71. The predicted octanol–water partition coefficient (Wildman–Crippen LogP) is 2.73. The van der Waals surface area contributed by atoms with Gasteiger partial charge < -0.3 is 9.47 Å². The number of ether oxygens (including phenoxy) is 2. The van der Waals surface area contributed by atoms with E-state index in [-0.39, 0.29) is 4.90 Å². The van der Waals surface area contributed by atoms with E-state index < -0.39 is 28.4 Å². The fraction of sp³-hybridized carbons (Fsp3) is 0.125. The lowest BCUT2D eigenvalue weighted by Gasteiger charge is -2.06. The number of nitrogens with zero attached hydrogens (tertiary/aromatic N) is 1. The molecule has 3 aromatic carbocycles. The van der Waals surface area contributed by atoms with Crippen molar-refractivity contribution in [1.29, 1.82) is 0 Å². The van der Waals surface area contributed by atoms with Crippen molar-refractivity contribution in [2.24, 2.45) is 5.10 Å². The Morgan fingerprint density at radius 2 is 1.56 bits per heavy atom. The van der Waals surface area contributed by atoms with Crippen LogP contribution in [0.25, 0.3) is 0 Å². The molecular formula is C24H23N3O6S. The van der Waals surface area contributed by atoms with Gasteiger partial charge in [-0.25, -0.2) is 23.4 Å². The van der Waals surface area contributed by atoms with E-state index in [0.29, 0.717) is 29.2 Å². The highest BCUT2D eigenvalue weighted by atomic mass is 32.2. The number of amides is 1. The van der Waals surface area contributed by atoms with E-state index >= 15 is 0 Å². The normalized spacial score (nSPS) is 11.2. The summed E-state index contributed by atoms with van der Waals surface area (Å²) in [7, 11) is -3.78. The number of hydrazone groups is 1. The summed E-state index contributed by atoms with van der Waals surface area (Å²) in [6.07, 6.45) is 1.38. The van der Waals surface area contributed by atoms with Gasteiger partial charge in [0.1, 0.15) is 11.5 Å². The molecule has 0 atom stereocenters. The van der Waals surface area contributed by atoms with Crippen LogP contribution in [-0.2, 0) is 14.8 Å². The maximum absolute atomic E-state index is 12.3. The molecule has 0 saturated heterocycles. The molecule has 0 aliphatic rings.